The van der Waals surface area contributed by atoms with Crippen LogP contribution < -0.4 is 5.32 Å². The van der Waals surface area contributed by atoms with Crippen LogP contribution in [0.3, 0.4) is 0 Å². The van der Waals surface area contributed by atoms with Crippen LogP contribution in [0.1, 0.15) is 12.8 Å². The predicted octanol–water partition coefficient (Wildman–Crippen LogP) is 1.33. The van der Waals surface area contributed by atoms with Crippen LogP contribution >= 0.6 is 0 Å². The molecule has 0 spiro atoms. The molecular formula is C14H17N3O5. The topological polar surface area (TPSA) is 113 Å². The number of nitro benzene ring substituents is 1. The van der Waals surface area contributed by atoms with E-state index < -0.39 is 16.8 Å². The number of benzene rings is 1. The molecule has 0 radical (unpaired) electrons. The first-order valence-corrected chi connectivity index (χ1v) is 6.97. The Kier molecular flexibility index (Phi) is 4.92. The lowest BCUT2D eigenvalue weighted by Crippen LogP contribution is -2.31. The van der Waals surface area contributed by atoms with Crippen molar-refractivity contribution in [1.82, 2.24) is 4.90 Å². The zero-order valence-electron chi connectivity index (χ0n) is 11.9. The molecule has 1 fully saturated rings. The molecule has 1 heterocycles. The van der Waals surface area contributed by atoms with Crippen molar-refractivity contribution in [2.24, 2.45) is 5.92 Å². The van der Waals surface area contributed by atoms with E-state index >= 15 is 0 Å². The minimum atomic E-state index is -0.881. The van der Waals surface area contributed by atoms with Gasteiger partial charge in [-0.3, -0.25) is 19.7 Å². The van der Waals surface area contributed by atoms with Gasteiger partial charge in [-0.2, -0.15) is 0 Å². The summed E-state index contributed by atoms with van der Waals surface area (Å²) in [6.07, 6.45) is 0.636. The van der Waals surface area contributed by atoms with Crippen LogP contribution in [0.2, 0.25) is 0 Å². The molecule has 1 atom stereocenters. The molecule has 8 nitrogen and oxygen atoms in total. The Morgan fingerprint density at radius 1 is 1.41 bits per heavy atom. The maximum Gasteiger partial charge on any atom is 0.308 e. The minimum Gasteiger partial charge on any atom is -0.481 e. The SMILES string of the molecule is O=C(O)C1CCN(C(=O)CCNc2ccccc2[N+](=O)[O-])C1. The number of likely N-dealkylation sites (tertiary alicyclic amines) is 1. The van der Waals surface area contributed by atoms with E-state index in [9.17, 15) is 19.7 Å². The number of nitro groups is 1. The largest absolute Gasteiger partial charge is 0.481 e. The van der Waals surface area contributed by atoms with Gasteiger partial charge in [0, 0.05) is 32.1 Å². The van der Waals surface area contributed by atoms with Gasteiger partial charge < -0.3 is 15.3 Å². The highest BCUT2D eigenvalue weighted by Crippen LogP contribution is 2.23. The molecule has 0 aliphatic carbocycles. The Balaban J connectivity index is 1.83. The van der Waals surface area contributed by atoms with Crippen molar-refractivity contribution >= 4 is 23.3 Å². The van der Waals surface area contributed by atoms with E-state index in [4.69, 9.17) is 5.11 Å². The Hall–Kier alpha value is -2.64. The van der Waals surface area contributed by atoms with Crippen LogP contribution in [0.4, 0.5) is 11.4 Å². The Morgan fingerprint density at radius 2 is 2.14 bits per heavy atom. The van der Waals surface area contributed by atoms with E-state index in [0.29, 0.717) is 18.7 Å². The molecule has 1 unspecified atom stereocenters. The third-order valence-corrected chi connectivity index (χ3v) is 3.65. The second-order valence-electron chi connectivity index (χ2n) is 5.11. The van der Waals surface area contributed by atoms with E-state index in [0.717, 1.165) is 0 Å². The third kappa shape index (κ3) is 3.72. The van der Waals surface area contributed by atoms with Crippen LogP contribution in [0.25, 0.3) is 0 Å². The van der Waals surface area contributed by atoms with Gasteiger partial charge in [-0.05, 0) is 12.5 Å². The molecule has 0 aromatic heterocycles. The molecule has 2 rings (SSSR count). The first kappa shape index (κ1) is 15.7. The van der Waals surface area contributed by atoms with Gasteiger partial charge in [-0.25, -0.2) is 0 Å². The van der Waals surface area contributed by atoms with Crippen LogP contribution in [0, 0.1) is 16.0 Å². The highest BCUT2D eigenvalue weighted by molar-refractivity contribution is 5.79. The van der Waals surface area contributed by atoms with Crippen LogP contribution in [-0.2, 0) is 9.59 Å². The van der Waals surface area contributed by atoms with Crippen LogP contribution in [-0.4, -0.2) is 46.4 Å². The highest BCUT2D eigenvalue weighted by Gasteiger charge is 2.30. The second kappa shape index (κ2) is 6.88. The van der Waals surface area contributed by atoms with Gasteiger partial charge in [0.25, 0.3) is 5.69 Å². The quantitative estimate of drug-likeness (QED) is 0.605. The molecule has 22 heavy (non-hydrogen) atoms. The number of hydrogen-bond donors (Lipinski definition) is 2. The Labute approximate surface area is 126 Å². The van der Waals surface area contributed by atoms with Crippen molar-refractivity contribution < 1.29 is 19.6 Å². The number of anilines is 1. The zero-order valence-corrected chi connectivity index (χ0v) is 11.9. The molecule has 118 valence electrons. The van der Waals surface area contributed by atoms with Gasteiger partial charge in [0.2, 0.25) is 5.91 Å². The van der Waals surface area contributed by atoms with E-state index in [-0.39, 0.29) is 31.1 Å². The van der Waals surface area contributed by atoms with Crippen molar-refractivity contribution in [3.63, 3.8) is 0 Å². The number of aliphatic carboxylic acids is 1. The van der Waals surface area contributed by atoms with Crippen molar-refractivity contribution in [2.45, 2.75) is 12.8 Å². The van der Waals surface area contributed by atoms with Gasteiger partial charge in [0.15, 0.2) is 0 Å². The maximum absolute atomic E-state index is 12.0. The summed E-state index contributed by atoms with van der Waals surface area (Å²) >= 11 is 0. The Morgan fingerprint density at radius 3 is 2.77 bits per heavy atom. The zero-order chi connectivity index (χ0) is 16.1. The van der Waals surface area contributed by atoms with E-state index in [2.05, 4.69) is 5.32 Å². The van der Waals surface area contributed by atoms with Crippen LogP contribution in [0.5, 0.6) is 0 Å². The fourth-order valence-corrected chi connectivity index (χ4v) is 2.43. The Bertz CT molecular complexity index is 590. The molecule has 1 aliphatic heterocycles. The first-order valence-electron chi connectivity index (χ1n) is 6.97. The second-order valence-corrected chi connectivity index (χ2v) is 5.11. The molecular weight excluding hydrogens is 290 g/mol. The summed E-state index contributed by atoms with van der Waals surface area (Å²) < 4.78 is 0. The third-order valence-electron chi connectivity index (χ3n) is 3.65. The molecule has 1 aliphatic rings. The molecule has 2 N–H and O–H groups in total. The fraction of sp³-hybridized carbons (Fsp3) is 0.429. The normalized spacial score (nSPS) is 17.3. The van der Waals surface area contributed by atoms with Crippen molar-refractivity contribution in [2.75, 3.05) is 25.0 Å². The molecule has 0 saturated carbocycles. The standard InChI is InChI=1S/C14H17N3O5/c18-13(16-8-6-10(9-16)14(19)20)5-7-15-11-3-1-2-4-12(11)17(21)22/h1-4,10,15H,5-9H2,(H,19,20). The fourth-order valence-electron chi connectivity index (χ4n) is 2.43. The predicted molar refractivity (Wildman–Crippen MR) is 78.5 cm³/mol. The molecule has 1 aromatic carbocycles. The minimum absolute atomic E-state index is 0.0398. The van der Waals surface area contributed by atoms with Crippen molar-refractivity contribution in [3.05, 3.63) is 34.4 Å². The number of nitrogens with zero attached hydrogens (tertiary/aromatic N) is 2. The van der Waals surface area contributed by atoms with Gasteiger partial charge in [-0.1, -0.05) is 12.1 Å². The molecule has 8 heteroatoms. The van der Waals surface area contributed by atoms with Gasteiger partial charge >= 0.3 is 5.97 Å². The average molecular weight is 307 g/mol. The molecule has 1 amide bonds. The lowest BCUT2D eigenvalue weighted by atomic mass is 10.1. The summed E-state index contributed by atoms with van der Waals surface area (Å²) in [6, 6.07) is 6.22. The number of nitrogens with one attached hydrogen (secondary N) is 1. The van der Waals surface area contributed by atoms with E-state index in [1.54, 1.807) is 18.2 Å². The summed E-state index contributed by atoms with van der Waals surface area (Å²) in [7, 11) is 0. The van der Waals surface area contributed by atoms with Gasteiger partial charge in [0.05, 0.1) is 10.8 Å². The number of hydrogen-bond acceptors (Lipinski definition) is 5. The maximum atomic E-state index is 12.0. The summed E-state index contributed by atoms with van der Waals surface area (Å²) in [4.78, 5) is 34.7. The highest BCUT2D eigenvalue weighted by atomic mass is 16.6. The monoisotopic (exact) mass is 307 g/mol. The number of carbonyl (C=O) groups is 2. The molecule has 1 aromatic rings. The van der Waals surface area contributed by atoms with E-state index in [1.807, 2.05) is 0 Å². The van der Waals surface area contributed by atoms with Gasteiger partial charge in [-0.15, -0.1) is 0 Å². The number of rotatable bonds is 6. The smallest absolute Gasteiger partial charge is 0.308 e. The lowest BCUT2D eigenvalue weighted by Gasteiger charge is -2.16. The van der Waals surface area contributed by atoms with E-state index in [1.165, 1.54) is 11.0 Å². The number of carboxylic acids is 1. The number of carboxylic acid groups (broad SMARTS) is 1. The molecule has 0 bridgehead atoms. The summed E-state index contributed by atoms with van der Waals surface area (Å²) in [5.74, 6) is -1.52. The summed E-state index contributed by atoms with van der Waals surface area (Å²) in [5, 5.41) is 22.6. The number of carbonyl (C=O) groups excluding carboxylic acids is 1. The van der Waals surface area contributed by atoms with Crippen molar-refractivity contribution in [1.29, 1.82) is 0 Å². The summed E-state index contributed by atoms with van der Waals surface area (Å²) in [6.45, 7) is 0.943. The average Bonchev–Trinajstić information content (AvgIpc) is 2.97. The van der Waals surface area contributed by atoms with Crippen LogP contribution in [0.15, 0.2) is 24.3 Å². The number of amides is 1. The summed E-state index contributed by atoms with van der Waals surface area (Å²) in [5.41, 5.74) is 0.326. The lowest BCUT2D eigenvalue weighted by molar-refractivity contribution is -0.384. The molecule has 1 saturated heterocycles. The number of para-hydroxylation sites is 2. The van der Waals surface area contributed by atoms with Gasteiger partial charge in [0.1, 0.15) is 5.69 Å². The van der Waals surface area contributed by atoms with Crippen molar-refractivity contribution in [3.8, 4) is 0 Å². The first-order chi connectivity index (χ1) is 10.5.